The third kappa shape index (κ3) is 5.00. The molecule has 1 rings (SSSR count). The van der Waals surface area contributed by atoms with E-state index in [0.29, 0.717) is 25.9 Å². The van der Waals surface area contributed by atoms with Crippen LogP contribution in [-0.2, 0) is 11.2 Å². The average Bonchev–Trinajstić information content (AvgIpc) is 2.36. The van der Waals surface area contributed by atoms with E-state index in [0.717, 1.165) is 11.3 Å². The lowest BCUT2D eigenvalue weighted by Gasteiger charge is -2.06. The molecule has 17 heavy (non-hydrogen) atoms. The predicted octanol–water partition coefficient (Wildman–Crippen LogP) is 0.902. The summed E-state index contributed by atoms with van der Waals surface area (Å²) in [5, 5.41) is 8.51. The molecule has 1 amide bonds. The Labute approximate surface area is 100 Å². The van der Waals surface area contributed by atoms with Crippen molar-refractivity contribution in [3.8, 4) is 11.8 Å². The minimum Gasteiger partial charge on any atom is -0.494 e. The highest BCUT2D eigenvalue weighted by Gasteiger charge is 1.99. The Morgan fingerprint density at radius 1 is 1.41 bits per heavy atom. The first kappa shape index (κ1) is 13.0. The van der Waals surface area contributed by atoms with Gasteiger partial charge in [0.15, 0.2) is 0 Å². The van der Waals surface area contributed by atoms with Crippen LogP contribution in [0.4, 0.5) is 0 Å². The van der Waals surface area contributed by atoms with Gasteiger partial charge in [0.05, 0.1) is 19.1 Å². The lowest BCUT2D eigenvalue weighted by molar-refractivity contribution is -0.121. The fraction of sp³-hybridized carbons (Fsp3) is 0.333. The van der Waals surface area contributed by atoms with Crippen LogP contribution in [0.3, 0.4) is 0 Å². The average molecular weight is 233 g/mol. The van der Waals surface area contributed by atoms with Crippen LogP contribution in [-0.4, -0.2) is 12.5 Å². The minimum absolute atomic E-state index is 0.196. The maximum absolute atomic E-state index is 10.8. The molecule has 5 nitrogen and oxygen atoms in total. The van der Waals surface area contributed by atoms with E-state index in [2.05, 4.69) is 11.5 Å². The molecule has 90 valence electrons. The molecule has 1 aromatic rings. The molecule has 0 aliphatic carbocycles. The second-order valence-corrected chi connectivity index (χ2v) is 3.50. The van der Waals surface area contributed by atoms with Crippen molar-refractivity contribution < 1.29 is 9.53 Å². The summed E-state index contributed by atoms with van der Waals surface area (Å²) >= 11 is 0. The first-order chi connectivity index (χ1) is 8.26. The molecule has 0 heterocycles. The number of nitrogens with zero attached hydrogens (tertiary/aromatic N) is 1. The van der Waals surface area contributed by atoms with E-state index in [4.69, 9.17) is 15.8 Å². The minimum atomic E-state index is -0.196. The van der Waals surface area contributed by atoms with Crippen molar-refractivity contribution in [2.45, 2.75) is 19.3 Å². The number of hydrogen-bond acceptors (Lipinski definition) is 4. The Bertz CT molecular complexity index is 395. The van der Waals surface area contributed by atoms with Crippen molar-refractivity contribution in [3.05, 3.63) is 29.8 Å². The molecule has 0 aromatic heterocycles. The van der Waals surface area contributed by atoms with Crippen molar-refractivity contribution in [2.75, 3.05) is 6.61 Å². The molecule has 0 bridgehead atoms. The zero-order valence-electron chi connectivity index (χ0n) is 9.48. The van der Waals surface area contributed by atoms with Gasteiger partial charge in [0.1, 0.15) is 5.75 Å². The fourth-order valence-corrected chi connectivity index (χ4v) is 1.29. The number of amides is 1. The van der Waals surface area contributed by atoms with E-state index < -0.39 is 0 Å². The van der Waals surface area contributed by atoms with Gasteiger partial charge in [-0.3, -0.25) is 10.2 Å². The largest absolute Gasteiger partial charge is 0.494 e. The van der Waals surface area contributed by atoms with Crippen LogP contribution in [0.25, 0.3) is 0 Å². The van der Waals surface area contributed by atoms with Crippen LogP contribution in [0.5, 0.6) is 5.75 Å². The summed E-state index contributed by atoms with van der Waals surface area (Å²) in [5.41, 5.74) is 3.02. The summed E-state index contributed by atoms with van der Waals surface area (Å²) in [6.45, 7) is 0.463. The summed E-state index contributed by atoms with van der Waals surface area (Å²) in [5.74, 6) is 5.48. The van der Waals surface area contributed by atoms with E-state index >= 15 is 0 Å². The first-order valence-electron chi connectivity index (χ1n) is 5.34. The highest BCUT2D eigenvalue weighted by atomic mass is 16.5. The summed E-state index contributed by atoms with van der Waals surface area (Å²) in [7, 11) is 0. The van der Waals surface area contributed by atoms with Crippen molar-refractivity contribution in [2.24, 2.45) is 5.84 Å². The van der Waals surface area contributed by atoms with E-state index in [1.165, 1.54) is 0 Å². The maximum Gasteiger partial charge on any atom is 0.234 e. The van der Waals surface area contributed by atoms with E-state index in [1.807, 2.05) is 24.3 Å². The Morgan fingerprint density at radius 2 is 2.12 bits per heavy atom. The number of ether oxygens (including phenoxy) is 1. The Balaban J connectivity index is 2.28. The van der Waals surface area contributed by atoms with Gasteiger partial charge in [-0.25, -0.2) is 5.84 Å². The number of carbonyl (C=O) groups excluding carboxylic acids is 1. The van der Waals surface area contributed by atoms with Crippen molar-refractivity contribution in [3.63, 3.8) is 0 Å². The highest BCUT2D eigenvalue weighted by molar-refractivity contribution is 5.75. The number of benzene rings is 1. The fourth-order valence-electron chi connectivity index (χ4n) is 1.29. The van der Waals surface area contributed by atoms with Crippen LogP contribution >= 0.6 is 0 Å². The van der Waals surface area contributed by atoms with E-state index in [9.17, 15) is 4.79 Å². The molecule has 1 aromatic carbocycles. The molecule has 5 heteroatoms. The second kappa shape index (κ2) is 7.25. The molecular formula is C12H15N3O2. The molecule has 0 unspecified atom stereocenters. The summed E-state index contributed by atoms with van der Waals surface area (Å²) < 4.78 is 5.43. The lowest BCUT2D eigenvalue weighted by atomic mass is 10.2. The number of nitriles is 1. The quantitative estimate of drug-likeness (QED) is 0.331. The SMILES string of the molecule is N#CCc1ccc(OCCCC(=O)NN)cc1. The van der Waals surface area contributed by atoms with E-state index in [-0.39, 0.29) is 5.91 Å². The molecular weight excluding hydrogens is 218 g/mol. The van der Waals surface area contributed by atoms with Gasteiger partial charge in [0.25, 0.3) is 0 Å². The first-order valence-corrected chi connectivity index (χ1v) is 5.34. The molecule has 0 fully saturated rings. The third-order valence-electron chi connectivity index (χ3n) is 2.18. The van der Waals surface area contributed by atoms with Crippen molar-refractivity contribution >= 4 is 5.91 Å². The zero-order chi connectivity index (χ0) is 12.5. The van der Waals surface area contributed by atoms with Gasteiger partial charge in [-0.1, -0.05) is 12.1 Å². The van der Waals surface area contributed by atoms with Crippen LogP contribution in [0.15, 0.2) is 24.3 Å². The Hall–Kier alpha value is -2.06. The molecule has 0 saturated carbocycles. The highest BCUT2D eigenvalue weighted by Crippen LogP contribution is 2.12. The van der Waals surface area contributed by atoms with Gasteiger partial charge in [0.2, 0.25) is 5.91 Å². The maximum atomic E-state index is 10.8. The van der Waals surface area contributed by atoms with Gasteiger partial charge in [-0.15, -0.1) is 0 Å². The van der Waals surface area contributed by atoms with Gasteiger partial charge in [-0.2, -0.15) is 5.26 Å². The topological polar surface area (TPSA) is 88.1 Å². The van der Waals surface area contributed by atoms with Gasteiger partial charge in [-0.05, 0) is 24.1 Å². The van der Waals surface area contributed by atoms with Crippen LogP contribution < -0.4 is 16.0 Å². The Kier molecular flexibility index (Phi) is 5.55. The molecule has 0 aliphatic heterocycles. The molecule has 0 radical (unpaired) electrons. The molecule has 3 N–H and O–H groups in total. The Morgan fingerprint density at radius 3 is 2.71 bits per heavy atom. The van der Waals surface area contributed by atoms with Crippen LogP contribution in [0, 0.1) is 11.3 Å². The number of nitrogens with two attached hydrogens (primary N) is 1. The van der Waals surface area contributed by atoms with Gasteiger partial charge in [0, 0.05) is 6.42 Å². The number of hydrazine groups is 1. The number of carbonyl (C=O) groups is 1. The summed E-state index contributed by atoms with van der Waals surface area (Å²) in [6, 6.07) is 9.41. The monoisotopic (exact) mass is 233 g/mol. The van der Waals surface area contributed by atoms with Crippen LogP contribution in [0.2, 0.25) is 0 Å². The number of hydrogen-bond donors (Lipinski definition) is 2. The standard InChI is InChI=1S/C12H15N3O2/c13-8-7-10-3-5-11(6-4-10)17-9-1-2-12(16)15-14/h3-6H,1-2,7,9,14H2,(H,15,16). The van der Waals surface area contributed by atoms with E-state index in [1.54, 1.807) is 0 Å². The van der Waals surface area contributed by atoms with Gasteiger partial charge >= 0.3 is 0 Å². The second-order valence-electron chi connectivity index (χ2n) is 3.50. The third-order valence-corrected chi connectivity index (χ3v) is 2.18. The summed E-state index contributed by atoms with van der Waals surface area (Å²) in [6.07, 6.45) is 1.36. The van der Waals surface area contributed by atoms with Crippen LogP contribution in [0.1, 0.15) is 18.4 Å². The molecule has 0 aliphatic rings. The summed E-state index contributed by atoms with van der Waals surface area (Å²) in [4.78, 5) is 10.8. The smallest absolute Gasteiger partial charge is 0.234 e. The lowest BCUT2D eigenvalue weighted by Crippen LogP contribution is -2.29. The predicted molar refractivity (Wildman–Crippen MR) is 62.8 cm³/mol. The number of rotatable bonds is 6. The van der Waals surface area contributed by atoms with Crippen molar-refractivity contribution in [1.82, 2.24) is 5.43 Å². The number of nitrogens with one attached hydrogen (secondary N) is 1. The normalized spacial score (nSPS) is 9.41. The van der Waals surface area contributed by atoms with Crippen molar-refractivity contribution in [1.29, 1.82) is 5.26 Å². The molecule has 0 atom stereocenters. The van der Waals surface area contributed by atoms with Gasteiger partial charge < -0.3 is 4.74 Å². The zero-order valence-corrected chi connectivity index (χ0v) is 9.48. The molecule has 0 saturated heterocycles. The molecule has 0 spiro atoms.